The van der Waals surface area contributed by atoms with Gasteiger partial charge in [0, 0.05) is 22.9 Å². The Morgan fingerprint density at radius 2 is 1.94 bits per heavy atom. The molecule has 0 aliphatic heterocycles. The van der Waals surface area contributed by atoms with Gasteiger partial charge in [-0.2, -0.15) is 0 Å². The molecule has 88 valence electrons. The molecule has 1 aromatic carbocycles. The first-order valence-electron chi connectivity index (χ1n) is 4.78. The highest BCUT2D eigenvalue weighted by atomic mass is 79.9. The maximum absolute atomic E-state index is 13.3. The van der Waals surface area contributed by atoms with E-state index in [0.717, 1.165) is 15.9 Å². The van der Waals surface area contributed by atoms with Gasteiger partial charge in [-0.15, -0.1) is 11.3 Å². The molecule has 0 aliphatic rings. The molecule has 0 unspecified atom stereocenters. The lowest BCUT2D eigenvalue weighted by molar-refractivity contribution is 0.0991. The molecule has 5 heteroatoms. The molecule has 2 aromatic rings. The van der Waals surface area contributed by atoms with Gasteiger partial charge in [-0.3, -0.25) is 4.79 Å². The normalized spacial score (nSPS) is 10.5. The molecule has 2 rings (SSSR count). The number of hydrogen-bond donors (Lipinski definition) is 0. The molecule has 0 N–H and O–H groups in total. The predicted octanol–water partition coefficient (Wildman–Crippen LogP) is 4.21. The lowest BCUT2D eigenvalue weighted by Crippen LogP contribution is -2.06. The van der Waals surface area contributed by atoms with Crippen molar-refractivity contribution in [3.05, 3.63) is 56.2 Å². The molecule has 0 fully saturated rings. The average Bonchev–Trinajstić information content (AvgIpc) is 2.70. The molecule has 0 radical (unpaired) electrons. The highest BCUT2D eigenvalue weighted by Crippen LogP contribution is 2.22. The van der Waals surface area contributed by atoms with E-state index in [0.29, 0.717) is 5.56 Å². The summed E-state index contributed by atoms with van der Waals surface area (Å²) in [5.74, 6) is -1.67. The van der Waals surface area contributed by atoms with Crippen LogP contribution in [-0.2, 0) is 6.42 Å². The van der Waals surface area contributed by atoms with Crippen LogP contribution in [0.4, 0.5) is 8.78 Å². The fraction of sp³-hybridized carbons (Fsp3) is 0.0833. The second kappa shape index (κ2) is 5.06. The van der Waals surface area contributed by atoms with E-state index < -0.39 is 11.6 Å². The number of rotatable bonds is 3. The van der Waals surface area contributed by atoms with E-state index in [9.17, 15) is 13.6 Å². The van der Waals surface area contributed by atoms with Crippen molar-refractivity contribution in [2.75, 3.05) is 0 Å². The van der Waals surface area contributed by atoms with Gasteiger partial charge in [0.05, 0.1) is 3.79 Å². The van der Waals surface area contributed by atoms with Gasteiger partial charge < -0.3 is 0 Å². The molecular weight excluding hydrogens is 310 g/mol. The second-order valence-electron chi connectivity index (χ2n) is 3.44. The van der Waals surface area contributed by atoms with Crippen LogP contribution >= 0.6 is 27.3 Å². The number of halogens is 3. The topological polar surface area (TPSA) is 17.1 Å². The molecule has 1 aromatic heterocycles. The SMILES string of the molecule is O=C(Cc1c(F)cccc1F)c1csc(Br)c1. The smallest absolute Gasteiger partial charge is 0.168 e. The molecule has 0 aliphatic carbocycles. The van der Waals surface area contributed by atoms with Crippen LogP contribution in [0.5, 0.6) is 0 Å². The maximum atomic E-state index is 13.3. The van der Waals surface area contributed by atoms with E-state index in [1.54, 1.807) is 11.4 Å². The fourth-order valence-corrected chi connectivity index (χ4v) is 2.58. The lowest BCUT2D eigenvalue weighted by atomic mass is 10.0. The Labute approximate surface area is 109 Å². The first kappa shape index (κ1) is 12.4. The van der Waals surface area contributed by atoms with Crippen molar-refractivity contribution in [1.29, 1.82) is 0 Å². The van der Waals surface area contributed by atoms with Crippen molar-refractivity contribution < 1.29 is 13.6 Å². The molecule has 0 saturated carbocycles. The van der Waals surface area contributed by atoms with Crippen molar-refractivity contribution >= 4 is 33.0 Å². The summed E-state index contributed by atoms with van der Waals surface area (Å²) in [6, 6.07) is 5.22. The predicted molar refractivity (Wildman–Crippen MR) is 66.4 cm³/mol. The third kappa shape index (κ3) is 2.79. The third-order valence-electron chi connectivity index (χ3n) is 2.29. The Hall–Kier alpha value is -1.07. The van der Waals surface area contributed by atoms with Crippen LogP contribution in [0.25, 0.3) is 0 Å². The summed E-state index contributed by atoms with van der Waals surface area (Å²) in [6.07, 6.45) is -0.262. The molecule has 1 heterocycles. The minimum Gasteiger partial charge on any atom is -0.294 e. The zero-order valence-electron chi connectivity index (χ0n) is 8.54. The lowest BCUT2D eigenvalue weighted by Gasteiger charge is -2.02. The zero-order valence-corrected chi connectivity index (χ0v) is 10.9. The summed E-state index contributed by atoms with van der Waals surface area (Å²) < 4.78 is 27.5. The molecule has 0 bridgehead atoms. The number of carbonyl (C=O) groups excluding carboxylic acids is 1. The van der Waals surface area contributed by atoms with Gasteiger partial charge in [0.25, 0.3) is 0 Å². The Morgan fingerprint density at radius 1 is 1.29 bits per heavy atom. The average molecular weight is 317 g/mol. The number of ketones is 1. The number of hydrogen-bond acceptors (Lipinski definition) is 2. The second-order valence-corrected chi connectivity index (χ2v) is 5.73. The molecule has 17 heavy (non-hydrogen) atoms. The summed E-state index contributed by atoms with van der Waals surface area (Å²) in [5.41, 5.74) is 0.282. The number of benzene rings is 1. The van der Waals surface area contributed by atoms with E-state index >= 15 is 0 Å². The Balaban J connectivity index is 2.24. The quantitative estimate of drug-likeness (QED) is 0.775. The minimum absolute atomic E-state index is 0.181. The first-order valence-corrected chi connectivity index (χ1v) is 6.45. The first-order chi connectivity index (χ1) is 8.08. The van der Waals surface area contributed by atoms with E-state index in [4.69, 9.17) is 0 Å². The van der Waals surface area contributed by atoms with E-state index in [1.807, 2.05) is 0 Å². The van der Waals surface area contributed by atoms with Gasteiger partial charge in [-0.25, -0.2) is 8.78 Å². The van der Waals surface area contributed by atoms with Gasteiger partial charge in [0.1, 0.15) is 11.6 Å². The van der Waals surface area contributed by atoms with Crippen molar-refractivity contribution in [3.8, 4) is 0 Å². The third-order valence-corrected chi connectivity index (χ3v) is 3.79. The molecule has 0 saturated heterocycles. The van der Waals surface area contributed by atoms with E-state index in [2.05, 4.69) is 15.9 Å². The Bertz CT molecular complexity index is 545. The maximum Gasteiger partial charge on any atom is 0.168 e. The summed E-state index contributed by atoms with van der Waals surface area (Å²) in [7, 11) is 0. The highest BCUT2D eigenvalue weighted by Gasteiger charge is 2.15. The molecule has 0 amide bonds. The Morgan fingerprint density at radius 3 is 2.47 bits per heavy atom. The van der Waals surface area contributed by atoms with Gasteiger partial charge in [0.2, 0.25) is 0 Å². The van der Waals surface area contributed by atoms with Gasteiger partial charge in [-0.05, 0) is 34.1 Å². The van der Waals surface area contributed by atoms with Crippen LogP contribution in [0.2, 0.25) is 0 Å². The van der Waals surface area contributed by atoms with Crippen LogP contribution in [0.3, 0.4) is 0 Å². The van der Waals surface area contributed by atoms with Gasteiger partial charge in [0.15, 0.2) is 5.78 Å². The number of thiophene rings is 1. The molecule has 0 atom stereocenters. The van der Waals surface area contributed by atoms with Crippen LogP contribution < -0.4 is 0 Å². The summed E-state index contributed by atoms with van der Waals surface area (Å²) in [6.45, 7) is 0. The van der Waals surface area contributed by atoms with E-state index in [1.165, 1.54) is 17.4 Å². The number of Topliss-reactive ketones (excluding diaryl/α,β-unsaturated/α-hetero) is 1. The monoisotopic (exact) mass is 316 g/mol. The molecule has 1 nitrogen and oxygen atoms in total. The number of carbonyl (C=O) groups is 1. The van der Waals surface area contributed by atoms with Gasteiger partial charge >= 0.3 is 0 Å². The summed E-state index contributed by atoms with van der Waals surface area (Å²) >= 11 is 4.59. The van der Waals surface area contributed by atoms with Crippen LogP contribution in [0.1, 0.15) is 15.9 Å². The minimum atomic E-state index is -0.687. The standard InChI is InChI=1S/C12H7BrF2OS/c13-12-4-7(6-17-12)11(16)5-8-9(14)2-1-3-10(8)15/h1-4,6H,5H2. The Kier molecular flexibility index (Phi) is 3.69. The summed E-state index contributed by atoms with van der Waals surface area (Å²) in [5, 5.41) is 1.66. The molecule has 0 spiro atoms. The van der Waals surface area contributed by atoms with Gasteiger partial charge in [-0.1, -0.05) is 6.07 Å². The van der Waals surface area contributed by atoms with Crippen LogP contribution in [0.15, 0.2) is 33.4 Å². The van der Waals surface area contributed by atoms with Crippen molar-refractivity contribution in [2.24, 2.45) is 0 Å². The van der Waals surface area contributed by atoms with Crippen molar-refractivity contribution in [3.63, 3.8) is 0 Å². The van der Waals surface area contributed by atoms with Crippen molar-refractivity contribution in [1.82, 2.24) is 0 Å². The van der Waals surface area contributed by atoms with Crippen LogP contribution in [-0.4, -0.2) is 5.78 Å². The fourth-order valence-electron chi connectivity index (χ4n) is 1.42. The van der Waals surface area contributed by atoms with Crippen molar-refractivity contribution in [2.45, 2.75) is 6.42 Å². The van der Waals surface area contributed by atoms with E-state index in [-0.39, 0.29) is 17.8 Å². The zero-order chi connectivity index (χ0) is 12.4. The van der Waals surface area contributed by atoms with Crippen LogP contribution in [0, 0.1) is 11.6 Å². The molecular formula is C12H7BrF2OS. The largest absolute Gasteiger partial charge is 0.294 e. The highest BCUT2D eigenvalue weighted by molar-refractivity contribution is 9.11. The summed E-state index contributed by atoms with van der Waals surface area (Å²) in [4.78, 5) is 11.8.